The summed E-state index contributed by atoms with van der Waals surface area (Å²) in [6.07, 6.45) is 9.06. The van der Waals surface area contributed by atoms with Gasteiger partial charge >= 0.3 is 0 Å². The number of nitrogens with zero attached hydrogens (tertiary/aromatic N) is 1. The lowest BCUT2D eigenvalue weighted by atomic mass is 9.99. The van der Waals surface area contributed by atoms with Gasteiger partial charge in [-0.25, -0.2) is 4.90 Å². The van der Waals surface area contributed by atoms with E-state index in [1.54, 1.807) is 37.6 Å². The van der Waals surface area contributed by atoms with Crippen molar-refractivity contribution in [2.24, 2.45) is 0 Å². The van der Waals surface area contributed by atoms with E-state index in [2.05, 4.69) is 11.0 Å². The minimum atomic E-state index is -0.257. The summed E-state index contributed by atoms with van der Waals surface area (Å²) in [6, 6.07) is 16.8. The highest BCUT2D eigenvalue weighted by Crippen LogP contribution is 2.40. The number of hydrogen-bond acceptors (Lipinski definition) is 3. The number of ether oxygens (including phenoxy) is 1. The van der Waals surface area contributed by atoms with Crippen molar-refractivity contribution in [1.82, 2.24) is 4.98 Å². The molecule has 0 spiro atoms. The van der Waals surface area contributed by atoms with Gasteiger partial charge in [-0.2, -0.15) is 0 Å². The van der Waals surface area contributed by atoms with Crippen LogP contribution in [0.5, 0.6) is 11.5 Å². The lowest BCUT2D eigenvalue weighted by Gasteiger charge is -2.08. The van der Waals surface area contributed by atoms with Crippen molar-refractivity contribution in [2.75, 3.05) is 12.0 Å². The molecule has 132 valence electrons. The number of carbonyl (C=O) groups is 1. The summed E-state index contributed by atoms with van der Waals surface area (Å²) in [5.41, 5.74) is 4.45. The van der Waals surface area contributed by atoms with Crippen molar-refractivity contribution >= 4 is 23.2 Å². The Morgan fingerprint density at radius 1 is 1.15 bits per heavy atom. The minimum Gasteiger partial charge on any atom is -0.508 e. The van der Waals surface area contributed by atoms with E-state index in [9.17, 15) is 9.90 Å². The number of carbonyl (C=O) groups excluding carboxylic acids is 1. The average Bonchev–Trinajstić information content (AvgIpc) is 3.24. The molecule has 3 aromatic rings. The highest BCUT2D eigenvalue weighted by Gasteiger charge is 2.32. The van der Waals surface area contributed by atoms with Crippen LogP contribution in [0, 0.1) is 12.5 Å². The smallest absolute Gasteiger partial charge is 0.270 e. The quantitative estimate of drug-likeness (QED) is 0.553. The molecule has 1 aliphatic rings. The van der Waals surface area contributed by atoms with Crippen LogP contribution in [-0.2, 0) is 4.79 Å². The van der Waals surface area contributed by atoms with Crippen molar-refractivity contribution in [3.05, 3.63) is 66.0 Å². The lowest BCUT2D eigenvalue weighted by Crippen LogP contribution is -2.19. The van der Waals surface area contributed by atoms with Crippen LogP contribution < -0.4 is 9.64 Å². The van der Waals surface area contributed by atoms with Crippen molar-refractivity contribution in [3.8, 4) is 35.1 Å². The molecule has 0 radical (unpaired) electrons. The van der Waals surface area contributed by atoms with E-state index in [4.69, 9.17) is 11.2 Å². The average molecular weight is 356 g/mol. The van der Waals surface area contributed by atoms with Crippen LogP contribution in [-0.4, -0.2) is 23.1 Å². The van der Waals surface area contributed by atoms with E-state index < -0.39 is 0 Å². The van der Waals surface area contributed by atoms with Crippen LogP contribution in [0.25, 0.3) is 22.8 Å². The molecule has 5 nitrogen and oxygen atoms in total. The molecular weight excluding hydrogens is 340 g/mol. The summed E-state index contributed by atoms with van der Waals surface area (Å²) < 4.78 is 5.31. The molecular formula is C22H16N2O3. The van der Waals surface area contributed by atoms with Gasteiger partial charge in [0.05, 0.1) is 24.1 Å². The van der Waals surface area contributed by atoms with Crippen LogP contribution >= 0.6 is 0 Å². The Balaban J connectivity index is 1.87. The summed E-state index contributed by atoms with van der Waals surface area (Å²) in [5.74, 6) is 0.589. The van der Waals surface area contributed by atoms with Gasteiger partial charge in [0.25, 0.3) is 5.91 Å². The summed E-state index contributed by atoms with van der Waals surface area (Å²) in [7, 11) is 1.58. The second kappa shape index (κ2) is 6.43. The first-order valence-corrected chi connectivity index (χ1v) is 8.30. The van der Waals surface area contributed by atoms with Gasteiger partial charge < -0.3 is 14.8 Å². The second-order valence-electron chi connectivity index (χ2n) is 6.07. The Morgan fingerprint density at radius 3 is 2.59 bits per heavy atom. The number of phenolic OH excluding ortho intramolecular Hbond substituents is 1. The van der Waals surface area contributed by atoms with Gasteiger partial charge in [0.1, 0.15) is 11.5 Å². The Hall–Kier alpha value is -3.91. The second-order valence-corrected chi connectivity index (χ2v) is 6.07. The monoisotopic (exact) mass is 356 g/mol. The summed E-state index contributed by atoms with van der Waals surface area (Å²) in [5, 5.41) is 9.50. The molecule has 0 bridgehead atoms. The number of aromatic hydroxyl groups is 1. The first kappa shape index (κ1) is 16.6. The standard InChI is InChI=1S/C22H16N2O3/c1-3-24-20-9-6-15(14-4-7-16(25)8-5-14)12-17(20)18(22(24)26)13-19-21(27-2)10-11-23-19/h1,4-13,23,25H,2H3/b18-13-. The van der Waals surface area contributed by atoms with Gasteiger partial charge in [0.2, 0.25) is 0 Å². The largest absolute Gasteiger partial charge is 0.508 e. The first-order valence-electron chi connectivity index (χ1n) is 8.30. The van der Waals surface area contributed by atoms with E-state index in [1.165, 1.54) is 4.90 Å². The third kappa shape index (κ3) is 2.74. The number of phenols is 1. The number of aromatic amines is 1. The molecule has 27 heavy (non-hydrogen) atoms. The molecule has 2 aromatic carbocycles. The fourth-order valence-corrected chi connectivity index (χ4v) is 3.20. The number of nitrogens with one attached hydrogen (secondary N) is 1. The van der Waals surface area contributed by atoms with Crippen molar-refractivity contribution < 1.29 is 14.6 Å². The molecule has 0 unspecified atom stereocenters. The van der Waals surface area contributed by atoms with Crippen molar-refractivity contribution in [1.29, 1.82) is 0 Å². The van der Waals surface area contributed by atoms with Crippen LogP contribution in [0.1, 0.15) is 11.3 Å². The van der Waals surface area contributed by atoms with Crippen molar-refractivity contribution in [3.63, 3.8) is 0 Å². The highest BCUT2D eigenvalue weighted by molar-refractivity contribution is 6.37. The number of H-pyrrole nitrogens is 1. The molecule has 0 fully saturated rings. The number of terminal acetylenes is 1. The first-order chi connectivity index (χ1) is 13.1. The van der Waals surface area contributed by atoms with E-state index in [0.29, 0.717) is 22.7 Å². The molecule has 2 heterocycles. The molecule has 1 aliphatic heterocycles. The summed E-state index contributed by atoms with van der Waals surface area (Å²) in [6.45, 7) is 0. The predicted octanol–water partition coefficient (Wildman–Crippen LogP) is 3.87. The molecule has 0 saturated carbocycles. The maximum Gasteiger partial charge on any atom is 0.270 e. The van der Waals surface area contributed by atoms with Crippen LogP contribution in [0.3, 0.4) is 0 Å². The third-order valence-corrected chi connectivity index (χ3v) is 4.54. The van der Waals surface area contributed by atoms with Gasteiger partial charge in [0, 0.05) is 17.8 Å². The van der Waals surface area contributed by atoms with Crippen LogP contribution in [0.2, 0.25) is 0 Å². The zero-order valence-corrected chi connectivity index (χ0v) is 14.6. The van der Waals surface area contributed by atoms with Gasteiger partial charge in [-0.05, 0) is 47.5 Å². The molecule has 1 amide bonds. The van der Waals surface area contributed by atoms with Gasteiger partial charge in [0.15, 0.2) is 0 Å². The SMILES string of the molecule is C#CN1C(=O)/C(=C\c2[nH]ccc2OC)c2cc(-c3ccc(O)cc3)ccc21. The number of anilines is 1. The highest BCUT2D eigenvalue weighted by atomic mass is 16.5. The number of aromatic nitrogens is 1. The fourth-order valence-electron chi connectivity index (χ4n) is 3.20. The van der Waals surface area contributed by atoms with E-state index in [0.717, 1.165) is 16.7 Å². The van der Waals surface area contributed by atoms with Gasteiger partial charge in [-0.3, -0.25) is 4.79 Å². The van der Waals surface area contributed by atoms with Crippen molar-refractivity contribution in [2.45, 2.75) is 0 Å². The minimum absolute atomic E-state index is 0.202. The number of hydrogen-bond donors (Lipinski definition) is 2. The maximum atomic E-state index is 12.8. The number of methoxy groups -OCH3 is 1. The number of fused-ring (bicyclic) bond motifs is 1. The fraction of sp³-hybridized carbons (Fsp3) is 0.0455. The lowest BCUT2D eigenvalue weighted by molar-refractivity contribution is -0.112. The molecule has 2 N–H and O–H groups in total. The van der Waals surface area contributed by atoms with Gasteiger partial charge in [-0.15, -0.1) is 0 Å². The number of benzene rings is 2. The topological polar surface area (TPSA) is 65.6 Å². The zero-order chi connectivity index (χ0) is 19.0. The molecule has 4 rings (SSSR count). The molecule has 0 saturated heterocycles. The molecule has 5 heteroatoms. The molecule has 0 atom stereocenters. The van der Waals surface area contributed by atoms with E-state index in [-0.39, 0.29) is 11.7 Å². The number of amides is 1. The summed E-state index contributed by atoms with van der Waals surface area (Å²) in [4.78, 5) is 17.2. The maximum absolute atomic E-state index is 12.8. The van der Waals surface area contributed by atoms with E-state index >= 15 is 0 Å². The Morgan fingerprint density at radius 2 is 1.89 bits per heavy atom. The van der Waals surface area contributed by atoms with Crippen LogP contribution in [0.15, 0.2) is 54.7 Å². The number of rotatable bonds is 3. The third-order valence-electron chi connectivity index (χ3n) is 4.54. The normalized spacial score (nSPS) is 14.3. The Bertz CT molecular complexity index is 1100. The Kier molecular flexibility index (Phi) is 3.94. The molecule has 0 aliphatic carbocycles. The van der Waals surface area contributed by atoms with Crippen LogP contribution in [0.4, 0.5) is 5.69 Å². The Labute approximate surface area is 156 Å². The summed E-state index contributed by atoms with van der Waals surface area (Å²) >= 11 is 0. The van der Waals surface area contributed by atoms with E-state index in [1.807, 2.05) is 30.3 Å². The predicted molar refractivity (Wildman–Crippen MR) is 105 cm³/mol. The molecule has 1 aromatic heterocycles. The zero-order valence-electron chi connectivity index (χ0n) is 14.6. The van der Waals surface area contributed by atoms with Gasteiger partial charge in [-0.1, -0.05) is 24.6 Å².